The predicted octanol–water partition coefficient (Wildman–Crippen LogP) is 1.63. The molecule has 2 amide bonds. The first-order chi connectivity index (χ1) is 9.11. The predicted molar refractivity (Wildman–Crippen MR) is 67.7 cm³/mol. The Morgan fingerprint density at radius 3 is 2.21 bits per heavy atom. The molecule has 0 saturated heterocycles. The largest absolute Gasteiger partial charge is 0.466 e. The Hall–Kier alpha value is -2.17. The maximum atomic E-state index is 12.0. The van der Waals surface area contributed by atoms with E-state index in [-0.39, 0.29) is 17.8 Å². The lowest BCUT2D eigenvalue weighted by molar-refractivity contribution is -0.141. The first kappa shape index (κ1) is 13.3. The minimum Gasteiger partial charge on any atom is -0.466 e. The van der Waals surface area contributed by atoms with Crippen molar-refractivity contribution < 1.29 is 19.1 Å². The molecule has 0 aliphatic carbocycles. The topological polar surface area (TPSA) is 63.7 Å². The molecule has 1 aromatic rings. The summed E-state index contributed by atoms with van der Waals surface area (Å²) in [5.74, 6) is -0.804. The van der Waals surface area contributed by atoms with Crippen molar-refractivity contribution in [1.82, 2.24) is 4.90 Å². The van der Waals surface area contributed by atoms with E-state index in [1.807, 2.05) is 0 Å². The van der Waals surface area contributed by atoms with Crippen LogP contribution in [0.25, 0.3) is 0 Å². The lowest BCUT2D eigenvalue weighted by Gasteiger charge is -2.13. The van der Waals surface area contributed by atoms with E-state index in [0.717, 1.165) is 0 Å². The summed E-state index contributed by atoms with van der Waals surface area (Å²) in [6, 6.07) is 6.81. The van der Waals surface area contributed by atoms with Gasteiger partial charge in [-0.05, 0) is 25.0 Å². The van der Waals surface area contributed by atoms with Crippen LogP contribution >= 0.6 is 0 Å². The summed E-state index contributed by atoms with van der Waals surface area (Å²) < 4.78 is 4.79. The molecule has 1 aliphatic rings. The van der Waals surface area contributed by atoms with Crippen molar-refractivity contribution in [2.24, 2.45) is 0 Å². The number of unbranched alkanes of at least 4 members (excludes halogenated alkanes) is 1. The van der Waals surface area contributed by atoms with E-state index in [1.54, 1.807) is 24.3 Å². The van der Waals surface area contributed by atoms with Crippen molar-refractivity contribution in [3.05, 3.63) is 35.4 Å². The highest BCUT2D eigenvalue weighted by Gasteiger charge is 2.34. The molecule has 19 heavy (non-hydrogen) atoms. The van der Waals surface area contributed by atoms with Gasteiger partial charge in [0.1, 0.15) is 0 Å². The number of nitrogens with zero attached hydrogens (tertiary/aromatic N) is 1. The van der Waals surface area contributed by atoms with E-state index in [1.165, 1.54) is 11.8 Å². The van der Waals surface area contributed by atoms with Crippen molar-refractivity contribution in [3.63, 3.8) is 0 Å². The molecule has 5 heteroatoms. The minimum absolute atomic E-state index is 0.243. The molecular weight excluding hydrogens is 246 g/mol. The van der Waals surface area contributed by atoms with E-state index >= 15 is 0 Å². The maximum absolute atomic E-state index is 12.0. The van der Waals surface area contributed by atoms with Crippen LogP contribution in [0.1, 0.15) is 40.5 Å². The summed E-state index contributed by atoms with van der Waals surface area (Å²) in [5.41, 5.74) is 0.931. The van der Waals surface area contributed by atoms with Crippen LogP contribution in [-0.2, 0) is 9.53 Å². The van der Waals surface area contributed by atoms with Crippen molar-refractivity contribution in [2.75, 3.05) is 13.2 Å². The smallest absolute Gasteiger partial charge is 0.302 e. The van der Waals surface area contributed by atoms with Crippen molar-refractivity contribution in [1.29, 1.82) is 0 Å². The normalized spacial score (nSPS) is 13.6. The average Bonchev–Trinajstić information content (AvgIpc) is 2.63. The zero-order valence-corrected chi connectivity index (χ0v) is 10.7. The standard InChI is InChI=1S/C14H15NO4/c1-10(16)19-9-5-4-8-15-13(17)11-6-2-3-7-12(11)14(15)18/h2-3,6-7H,4-5,8-9H2,1H3. The van der Waals surface area contributed by atoms with Crippen LogP contribution in [-0.4, -0.2) is 35.8 Å². The highest BCUT2D eigenvalue weighted by Crippen LogP contribution is 2.22. The number of carbonyl (C=O) groups is 3. The van der Waals surface area contributed by atoms with Gasteiger partial charge in [0.25, 0.3) is 11.8 Å². The van der Waals surface area contributed by atoms with Crippen LogP contribution in [0.5, 0.6) is 0 Å². The lowest BCUT2D eigenvalue weighted by atomic mass is 10.1. The van der Waals surface area contributed by atoms with Gasteiger partial charge in [0.2, 0.25) is 0 Å². The van der Waals surface area contributed by atoms with Gasteiger partial charge in [-0.3, -0.25) is 19.3 Å². The van der Waals surface area contributed by atoms with Gasteiger partial charge in [0.15, 0.2) is 0 Å². The number of ether oxygens (including phenoxy) is 1. The van der Waals surface area contributed by atoms with Crippen LogP contribution in [0.2, 0.25) is 0 Å². The molecule has 5 nitrogen and oxygen atoms in total. The van der Waals surface area contributed by atoms with Gasteiger partial charge in [0, 0.05) is 13.5 Å². The van der Waals surface area contributed by atoms with Gasteiger partial charge in [-0.2, -0.15) is 0 Å². The monoisotopic (exact) mass is 261 g/mol. The van der Waals surface area contributed by atoms with Gasteiger partial charge in [0.05, 0.1) is 17.7 Å². The van der Waals surface area contributed by atoms with Gasteiger partial charge in [-0.15, -0.1) is 0 Å². The number of imide groups is 1. The third-order valence-corrected chi connectivity index (χ3v) is 2.96. The Balaban J connectivity index is 1.88. The van der Waals surface area contributed by atoms with Gasteiger partial charge in [-0.1, -0.05) is 12.1 Å². The average molecular weight is 261 g/mol. The maximum Gasteiger partial charge on any atom is 0.302 e. The molecule has 1 aromatic carbocycles. The second-order valence-electron chi connectivity index (χ2n) is 4.35. The third kappa shape index (κ3) is 2.81. The molecule has 0 unspecified atom stereocenters. The lowest BCUT2D eigenvalue weighted by Crippen LogP contribution is -2.30. The van der Waals surface area contributed by atoms with Crippen LogP contribution in [0, 0.1) is 0 Å². The highest BCUT2D eigenvalue weighted by molar-refractivity contribution is 6.21. The Labute approximate surface area is 111 Å². The molecule has 2 rings (SSSR count). The first-order valence-corrected chi connectivity index (χ1v) is 6.20. The molecule has 0 aromatic heterocycles. The quantitative estimate of drug-likeness (QED) is 0.459. The van der Waals surface area contributed by atoms with E-state index in [9.17, 15) is 14.4 Å². The molecule has 100 valence electrons. The Kier molecular flexibility index (Phi) is 3.94. The van der Waals surface area contributed by atoms with Crippen molar-refractivity contribution >= 4 is 17.8 Å². The number of fused-ring (bicyclic) bond motifs is 1. The van der Waals surface area contributed by atoms with Gasteiger partial charge in [-0.25, -0.2) is 0 Å². The van der Waals surface area contributed by atoms with E-state index < -0.39 is 0 Å². The van der Waals surface area contributed by atoms with Gasteiger partial charge >= 0.3 is 5.97 Å². The molecule has 1 aliphatic heterocycles. The minimum atomic E-state index is -0.319. The molecule has 1 heterocycles. The first-order valence-electron chi connectivity index (χ1n) is 6.20. The number of benzene rings is 1. The second-order valence-corrected chi connectivity index (χ2v) is 4.35. The Morgan fingerprint density at radius 2 is 1.68 bits per heavy atom. The molecule has 0 saturated carbocycles. The number of esters is 1. The summed E-state index contributed by atoms with van der Waals surface area (Å²) in [4.78, 5) is 35.8. The van der Waals surface area contributed by atoms with Crippen LogP contribution in [0.15, 0.2) is 24.3 Å². The number of carbonyl (C=O) groups excluding carboxylic acids is 3. The fourth-order valence-electron chi connectivity index (χ4n) is 2.03. The Bertz CT molecular complexity index is 489. The molecular formula is C14H15NO4. The summed E-state index contributed by atoms with van der Waals surface area (Å²) in [6.45, 7) is 2.02. The molecule has 0 atom stereocenters. The zero-order chi connectivity index (χ0) is 13.8. The van der Waals surface area contributed by atoms with E-state index in [0.29, 0.717) is 37.1 Å². The number of hydrogen-bond acceptors (Lipinski definition) is 4. The third-order valence-electron chi connectivity index (χ3n) is 2.96. The Morgan fingerprint density at radius 1 is 1.11 bits per heavy atom. The molecule has 0 radical (unpaired) electrons. The fourth-order valence-corrected chi connectivity index (χ4v) is 2.03. The number of hydrogen-bond donors (Lipinski definition) is 0. The second kappa shape index (κ2) is 5.65. The molecule has 0 spiro atoms. The van der Waals surface area contributed by atoms with Crippen LogP contribution in [0.4, 0.5) is 0 Å². The summed E-state index contributed by atoms with van der Waals surface area (Å²) in [6.07, 6.45) is 1.26. The molecule has 0 fully saturated rings. The number of rotatable bonds is 5. The zero-order valence-electron chi connectivity index (χ0n) is 10.7. The highest BCUT2D eigenvalue weighted by atomic mass is 16.5. The summed E-state index contributed by atoms with van der Waals surface area (Å²) in [5, 5.41) is 0. The van der Waals surface area contributed by atoms with E-state index in [4.69, 9.17) is 4.74 Å². The number of amides is 2. The van der Waals surface area contributed by atoms with Crippen molar-refractivity contribution in [2.45, 2.75) is 19.8 Å². The van der Waals surface area contributed by atoms with Crippen LogP contribution in [0.3, 0.4) is 0 Å². The van der Waals surface area contributed by atoms with Crippen molar-refractivity contribution in [3.8, 4) is 0 Å². The SMILES string of the molecule is CC(=O)OCCCCN1C(=O)c2ccccc2C1=O. The molecule has 0 N–H and O–H groups in total. The van der Waals surface area contributed by atoms with Gasteiger partial charge < -0.3 is 4.74 Å². The summed E-state index contributed by atoms with van der Waals surface area (Å²) >= 11 is 0. The van der Waals surface area contributed by atoms with E-state index in [2.05, 4.69) is 0 Å². The van der Waals surface area contributed by atoms with Crippen LogP contribution < -0.4 is 0 Å². The molecule has 0 bridgehead atoms. The fraction of sp³-hybridized carbons (Fsp3) is 0.357. The summed E-state index contributed by atoms with van der Waals surface area (Å²) in [7, 11) is 0.